The number of hydrogen-bond donors (Lipinski definition) is 0. The normalized spacial score (nSPS) is 17.8. The highest BCUT2D eigenvalue weighted by atomic mass is 16.5. The summed E-state index contributed by atoms with van der Waals surface area (Å²) < 4.78 is 16.8. The fourth-order valence-corrected chi connectivity index (χ4v) is 2.93. The van der Waals surface area contributed by atoms with E-state index in [4.69, 9.17) is 13.9 Å². The van der Waals surface area contributed by atoms with E-state index in [0.717, 1.165) is 43.9 Å². The molecule has 1 aliphatic heterocycles. The zero-order valence-corrected chi connectivity index (χ0v) is 13.7. The maximum atomic E-state index is 5.78. The van der Waals surface area contributed by atoms with E-state index in [9.17, 15) is 0 Å². The van der Waals surface area contributed by atoms with Crippen LogP contribution < -0.4 is 4.74 Å². The van der Waals surface area contributed by atoms with E-state index >= 15 is 0 Å². The Kier molecular flexibility index (Phi) is 5.25. The molecular weight excluding hydrogens is 294 g/mol. The van der Waals surface area contributed by atoms with Crippen LogP contribution in [0.25, 0.3) is 0 Å². The second-order valence-corrected chi connectivity index (χ2v) is 5.83. The quantitative estimate of drug-likeness (QED) is 0.782. The standard InChI is InChI=1S/C17H23N3O3/c1-13-18-19-17(23-13)12-20(11-15-7-5-9-22-15)10-14-6-3-4-8-16(14)21-2/h3-4,6,8,15H,5,7,9-12H2,1-2H3/t15-/m1/s1. The molecule has 23 heavy (non-hydrogen) atoms. The minimum atomic E-state index is 0.272. The van der Waals surface area contributed by atoms with Crippen LogP contribution in [0.1, 0.15) is 30.2 Å². The van der Waals surface area contributed by atoms with Crippen LogP contribution in [0, 0.1) is 6.92 Å². The zero-order valence-electron chi connectivity index (χ0n) is 13.7. The Morgan fingerprint density at radius 3 is 2.83 bits per heavy atom. The number of aromatic nitrogens is 2. The van der Waals surface area contributed by atoms with Crippen LogP contribution in [0.5, 0.6) is 5.75 Å². The molecule has 0 unspecified atom stereocenters. The monoisotopic (exact) mass is 317 g/mol. The number of ether oxygens (including phenoxy) is 2. The number of aryl methyl sites for hydroxylation is 1. The van der Waals surface area contributed by atoms with Crippen LogP contribution >= 0.6 is 0 Å². The van der Waals surface area contributed by atoms with Crippen molar-refractivity contribution in [3.63, 3.8) is 0 Å². The lowest BCUT2D eigenvalue weighted by Gasteiger charge is -2.24. The van der Waals surface area contributed by atoms with E-state index in [2.05, 4.69) is 21.2 Å². The maximum absolute atomic E-state index is 5.78. The van der Waals surface area contributed by atoms with Crippen LogP contribution in [0.2, 0.25) is 0 Å². The first kappa shape index (κ1) is 16.0. The van der Waals surface area contributed by atoms with Gasteiger partial charge < -0.3 is 13.9 Å². The number of nitrogens with zero attached hydrogens (tertiary/aromatic N) is 3. The van der Waals surface area contributed by atoms with Gasteiger partial charge in [0.05, 0.1) is 19.8 Å². The van der Waals surface area contributed by atoms with Crippen LogP contribution in [0.15, 0.2) is 28.7 Å². The molecule has 1 saturated heterocycles. The fourth-order valence-electron chi connectivity index (χ4n) is 2.93. The summed E-state index contributed by atoms with van der Waals surface area (Å²) in [5, 5.41) is 8.03. The van der Waals surface area contributed by atoms with Gasteiger partial charge in [-0.2, -0.15) is 0 Å². The second kappa shape index (κ2) is 7.57. The molecule has 1 fully saturated rings. The van der Waals surface area contributed by atoms with Crippen molar-refractivity contribution in [2.24, 2.45) is 0 Å². The molecule has 0 spiro atoms. The Bertz CT molecular complexity index is 623. The highest BCUT2D eigenvalue weighted by Crippen LogP contribution is 2.22. The Labute approximate surface area is 136 Å². The topological polar surface area (TPSA) is 60.6 Å². The molecule has 124 valence electrons. The predicted octanol–water partition coefficient (Wildman–Crippen LogP) is 2.57. The van der Waals surface area contributed by atoms with Crippen molar-refractivity contribution in [3.05, 3.63) is 41.6 Å². The molecule has 0 aliphatic carbocycles. The third-order valence-electron chi connectivity index (χ3n) is 4.00. The highest BCUT2D eigenvalue weighted by molar-refractivity contribution is 5.33. The average Bonchev–Trinajstić information content (AvgIpc) is 3.20. The van der Waals surface area contributed by atoms with Gasteiger partial charge in [0.25, 0.3) is 0 Å². The van der Waals surface area contributed by atoms with E-state index in [0.29, 0.717) is 18.3 Å². The van der Waals surface area contributed by atoms with Crippen LogP contribution in [0.3, 0.4) is 0 Å². The lowest BCUT2D eigenvalue weighted by Crippen LogP contribution is -2.31. The third-order valence-corrected chi connectivity index (χ3v) is 4.00. The Balaban J connectivity index is 1.73. The number of hydrogen-bond acceptors (Lipinski definition) is 6. The fraction of sp³-hybridized carbons (Fsp3) is 0.529. The number of rotatable bonds is 7. The minimum Gasteiger partial charge on any atom is -0.496 e. The summed E-state index contributed by atoms with van der Waals surface area (Å²) in [6.45, 7) is 4.87. The van der Waals surface area contributed by atoms with Gasteiger partial charge in [-0.05, 0) is 18.9 Å². The molecule has 1 aliphatic rings. The smallest absolute Gasteiger partial charge is 0.230 e. The van der Waals surface area contributed by atoms with E-state index < -0.39 is 0 Å². The second-order valence-electron chi connectivity index (χ2n) is 5.83. The molecule has 6 heteroatoms. The van der Waals surface area contributed by atoms with Gasteiger partial charge in [0.2, 0.25) is 11.8 Å². The molecule has 1 aromatic carbocycles. The molecule has 0 amide bonds. The van der Waals surface area contributed by atoms with Crippen LogP contribution in [0.4, 0.5) is 0 Å². The molecule has 0 saturated carbocycles. The molecule has 0 radical (unpaired) electrons. The number of methoxy groups -OCH3 is 1. The zero-order chi connectivity index (χ0) is 16.1. The van der Waals surface area contributed by atoms with Gasteiger partial charge >= 0.3 is 0 Å². The third kappa shape index (κ3) is 4.30. The molecule has 0 bridgehead atoms. The summed E-state index contributed by atoms with van der Waals surface area (Å²) in [4.78, 5) is 2.28. The van der Waals surface area contributed by atoms with Gasteiger partial charge in [0, 0.05) is 32.2 Å². The summed E-state index contributed by atoms with van der Waals surface area (Å²) in [6, 6.07) is 8.07. The van der Waals surface area contributed by atoms with Gasteiger partial charge in [-0.25, -0.2) is 0 Å². The molecule has 0 N–H and O–H groups in total. The van der Waals surface area contributed by atoms with E-state index in [1.807, 2.05) is 18.2 Å². The van der Waals surface area contributed by atoms with Crippen molar-refractivity contribution in [2.45, 2.75) is 39.0 Å². The summed E-state index contributed by atoms with van der Waals surface area (Å²) in [5.41, 5.74) is 1.14. The summed E-state index contributed by atoms with van der Waals surface area (Å²) in [7, 11) is 1.70. The molecule has 2 aromatic rings. The van der Waals surface area contributed by atoms with Crippen molar-refractivity contribution in [2.75, 3.05) is 20.3 Å². The van der Waals surface area contributed by atoms with Crippen molar-refractivity contribution in [1.82, 2.24) is 15.1 Å². The summed E-state index contributed by atoms with van der Waals surface area (Å²) >= 11 is 0. The van der Waals surface area contributed by atoms with E-state index in [-0.39, 0.29) is 6.10 Å². The Hall–Kier alpha value is -1.92. The molecule has 2 heterocycles. The first-order valence-electron chi connectivity index (χ1n) is 7.99. The predicted molar refractivity (Wildman–Crippen MR) is 85.1 cm³/mol. The van der Waals surface area contributed by atoms with Gasteiger partial charge in [-0.15, -0.1) is 10.2 Å². The van der Waals surface area contributed by atoms with Gasteiger partial charge in [0.1, 0.15) is 5.75 Å². The number of benzene rings is 1. The minimum absolute atomic E-state index is 0.272. The van der Waals surface area contributed by atoms with Gasteiger partial charge in [0.15, 0.2) is 0 Å². The first-order chi connectivity index (χ1) is 11.2. The van der Waals surface area contributed by atoms with E-state index in [1.165, 1.54) is 0 Å². The number of para-hydroxylation sites is 1. The molecule has 3 rings (SSSR count). The van der Waals surface area contributed by atoms with E-state index in [1.54, 1.807) is 14.0 Å². The largest absolute Gasteiger partial charge is 0.496 e. The molecular formula is C17H23N3O3. The van der Waals surface area contributed by atoms with Gasteiger partial charge in [-0.1, -0.05) is 18.2 Å². The Morgan fingerprint density at radius 1 is 1.26 bits per heavy atom. The Morgan fingerprint density at radius 2 is 2.13 bits per heavy atom. The highest BCUT2D eigenvalue weighted by Gasteiger charge is 2.21. The van der Waals surface area contributed by atoms with Crippen molar-refractivity contribution < 1.29 is 13.9 Å². The van der Waals surface area contributed by atoms with Crippen LogP contribution in [-0.4, -0.2) is 41.5 Å². The van der Waals surface area contributed by atoms with Gasteiger partial charge in [-0.3, -0.25) is 4.90 Å². The van der Waals surface area contributed by atoms with Crippen molar-refractivity contribution in [1.29, 1.82) is 0 Å². The lowest BCUT2D eigenvalue weighted by molar-refractivity contribution is 0.0644. The van der Waals surface area contributed by atoms with Crippen molar-refractivity contribution in [3.8, 4) is 5.75 Å². The first-order valence-corrected chi connectivity index (χ1v) is 7.99. The molecule has 1 aromatic heterocycles. The van der Waals surface area contributed by atoms with Crippen LogP contribution in [-0.2, 0) is 17.8 Å². The molecule has 6 nitrogen and oxygen atoms in total. The summed E-state index contributed by atoms with van der Waals surface area (Å²) in [6.07, 6.45) is 2.51. The molecule has 1 atom stereocenters. The SMILES string of the molecule is COc1ccccc1CN(Cc1nnc(C)o1)C[C@H]1CCCO1. The lowest BCUT2D eigenvalue weighted by atomic mass is 10.1. The summed E-state index contributed by atoms with van der Waals surface area (Å²) in [5.74, 6) is 2.12. The maximum Gasteiger partial charge on any atom is 0.230 e. The average molecular weight is 317 g/mol. The van der Waals surface area contributed by atoms with Crippen molar-refractivity contribution >= 4 is 0 Å².